The van der Waals surface area contributed by atoms with Gasteiger partial charge in [0.05, 0.1) is 11.5 Å². The maximum atomic E-state index is 13.6. The van der Waals surface area contributed by atoms with Crippen LogP contribution in [0.2, 0.25) is 0 Å². The third kappa shape index (κ3) is 2.25. The van der Waals surface area contributed by atoms with Crippen LogP contribution in [0.15, 0.2) is 40.6 Å². The molecule has 1 N–H and O–H groups in total. The molecule has 16 heavy (non-hydrogen) atoms. The van der Waals surface area contributed by atoms with Crippen molar-refractivity contribution >= 4 is 11.8 Å². The second kappa shape index (κ2) is 4.67. The van der Waals surface area contributed by atoms with Crippen molar-refractivity contribution in [1.82, 2.24) is 9.55 Å². The Balaban J connectivity index is 2.25. The van der Waals surface area contributed by atoms with E-state index >= 15 is 0 Å². The monoisotopic (exact) mass is 238 g/mol. The first kappa shape index (κ1) is 11.2. The molecule has 1 aromatic carbocycles. The first-order valence-corrected chi connectivity index (χ1v) is 5.57. The van der Waals surface area contributed by atoms with Gasteiger partial charge in [0.1, 0.15) is 5.82 Å². The molecule has 0 radical (unpaired) electrons. The summed E-state index contributed by atoms with van der Waals surface area (Å²) in [5.74, 6) is -0.334. The largest absolute Gasteiger partial charge is 0.392 e. The molecule has 0 fully saturated rings. The average Bonchev–Trinajstić information content (AvgIpc) is 2.67. The van der Waals surface area contributed by atoms with Crippen molar-refractivity contribution in [3.8, 4) is 0 Å². The van der Waals surface area contributed by atoms with Gasteiger partial charge in [-0.3, -0.25) is 0 Å². The van der Waals surface area contributed by atoms with Gasteiger partial charge in [-0.25, -0.2) is 9.37 Å². The summed E-state index contributed by atoms with van der Waals surface area (Å²) in [4.78, 5) is 4.61. The van der Waals surface area contributed by atoms with Gasteiger partial charge in [0.25, 0.3) is 0 Å². The third-order valence-corrected chi connectivity index (χ3v) is 3.28. The molecule has 2 aromatic rings. The molecule has 0 aliphatic carbocycles. The van der Waals surface area contributed by atoms with Crippen LogP contribution in [0.25, 0.3) is 0 Å². The summed E-state index contributed by atoms with van der Waals surface area (Å²) < 4.78 is 15.4. The molecular formula is C11H11FN2OS. The van der Waals surface area contributed by atoms with E-state index in [1.807, 2.05) is 17.8 Å². The molecule has 0 aliphatic heterocycles. The van der Waals surface area contributed by atoms with Gasteiger partial charge >= 0.3 is 0 Å². The standard InChI is InChI=1S/C11H11FN2OS/c1-14-5-4-13-11(14)16-10-3-2-8(7-15)6-9(10)12/h2-6,15H,7H2,1H3. The zero-order chi connectivity index (χ0) is 11.5. The highest BCUT2D eigenvalue weighted by Gasteiger charge is 2.08. The summed E-state index contributed by atoms with van der Waals surface area (Å²) in [6.45, 7) is -0.149. The normalized spacial score (nSPS) is 10.7. The van der Waals surface area contributed by atoms with Crippen molar-refractivity contribution < 1.29 is 9.50 Å². The zero-order valence-corrected chi connectivity index (χ0v) is 9.54. The van der Waals surface area contributed by atoms with E-state index in [2.05, 4.69) is 4.98 Å². The van der Waals surface area contributed by atoms with Crippen LogP contribution in [-0.4, -0.2) is 14.7 Å². The first-order valence-electron chi connectivity index (χ1n) is 4.75. The van der Waals surface area contributed by atoms with Gasteiger partial charge in [0, 0.05) is 19.4 Å². The lowest BCUT2D eigenvalue weighted by atomic mass is 10.2. The number of aryl methyl sites for hydroxylation is 1. The van der Waals surface area contributed by atoms with E-state index in [1.54, 1.807) is 18.3 Å². The van der Waals surface area contributed by atoms with Gasteiger partial charge in [-0.1, -0.05) is 6.07 Å². The fourth-order valence-electron chi connectivity index (χ4n) is 1.27. The highest BCUT2D eigenvalue weighted by atomic mass is 32.2. The molecule has 0 aliphatic rings. The molecule has 84 valence electrons. The van der Waals surface area contributed by atoms with Crippen LogP contribution in [0.1, 0.15) is 5.56 Å². The highest BCUT2D eigenvalue weighted by Crippen LogP contribution is 2.28. The molecule has 1 heterocycles. The first-order chi connectivity index (χ1) is 7.70. The molecular weight excluding hydrogens is 227 g/mol. The number of rotatable bonds is 3. The van der Waals surface area contributed by atoms with Crippen molar-refractivity contribution in [3.05, 3.63) is 42.0 Å². The fraction of sp³-hybridized carbons (Fsp3) is 0.182. The third-order valence-electron chi connectivity index (χ3n) is 2.16. The number of imidazole rings is 1. The van der Waals surface area contributed by atoms with E-state index in [9.17, 15) is 4.39 Å². The fourth-order valence-corrected chi connectivity index (χ4v) is 2.08. The number of hydrogen-bond donors (Lipinski definition) is 1. The van der Waals surface area contributed by atoms with Crippen LogP contribution in [-0.2, 0) is 13.7 Å². The van der Waals surface area contributed by atoms with Crippen LogP contribution < -0.4 is 0 Å². The predicted molar refractivity (Wildman–Crippen MR) is 59.7 cm³/mol. The summed E-state index contributed by atoms with van der Waals surface area (Å²) in [5.41, 5.74) is 0.571. The Morgan fingerprint density at radius 1 is 1.50 bits per heavy atom. The minimum absolute atomic E-state index is 0.149. The summed E-state index contributed by atoms with van der Waals surface area (Å²) in [6.07, 6.45) is 3.48. The zero-order valence-electron chi connectivity index (χ0n) is 8.72. The molecule has 0 saturated heterocycles. The van der Waals surface area contributed by atoms with Crippen LogP contribution in [0.3, 0.4) is 0 Å². The summed E-state index contributed by atoms with van der Waals surface area (Å²) in [7, 11) is 1.86. The van der Waals surface area contributed by atoms with E-state index < -0.39 is 0 Å². The van der Waals surface area contributed by atoms with Crippen molar-refractivity contribution in [2.45, 2.75) is 16.7 Å². The summed E-state index contributed by atoms with van der Waals surface area (Å²) >= 11 is 1.26. The molecule has 5 heteroatoms. The number of aromatic nitrogens is 2. The second-order valence-corrected chi connectivity index (χ2v) is 4.35. The van der Waals surface area contributed by atoms with Crippen molar-refractivity contribution in [1.29, 1.82) is 0 Å². The number of halogens is 1. The SMILES string of the molecule is Cn1ccnc1Sc1ccc(CO)cc1F. The summed E-state index contributed by atoms with van der Waals surface area (Å²) in [6, 6.07) is 4.69. The van der Waals surface area contributed by atoms with Gasteiger partial charge in [-0.2, -0.15) is 0 Å². The van der Waals surface area contributed by atoms with E-state index in [4.69, 9.17) is 5.11 Å². The predicted octanol–water partition coefficient (Wildman–Crippen LogP) is 2.20. The van der Waals surface area contributed by atoms with Gasteiger partial charge in [0.15, 0.2) is 5.16 Å². The van der Waals surface area contributed by atoms with Crippen LogP contribution in [0, 0.1) is 5.82 Å². The van der Waals surface area contributed by atoms with E-state index in [1.165, 1.54) is 17.8 Å². The molecule has 3 nitrogen and oxygen atoms in total. The second-order valence-electron chi connectivity index (χ2n) is 3.35. The molecule has 0 atom stereocenters. The lowest BCUT2D eigenvalue weighted by molar-refractivity contribution is 0.281. The van der Waals surface area contributed by atoms with E-state index in [0.29, 0.717) is 10.5 Å². The lowest BCUT2D eigenvalue weighted by Gasteiger charge is -2.04. The van der Waals surface area contributed by atoms with Gasteiger partial charge in [-0.15, -0.1) is 0 Å². The Labute approximate surface area is 96.9 Å². The Bertz CT molecular complexity index is 498. The molecule has 0 bridgehead atoms. The quantitative estimate of drug-likeness (QED) is 0.890. The topological polar surface area (TPSA) is 38.0 Å². The lowest BCUT2D eigenvalue weighted by Crippen LogP contribution is -1.91. The maximum Gasteiger partial charge on any atom is 0.172 e. The average molecular weight is 238 g/mol. The molecule has 0 amide bonds. The Hall–Kier alpha value is -1.33. The Kier molecular flexibility index (Phi) is 3.26. The van der Waals surface area contributed by atoms with Gasteiger partial charge in [0.2, 0.25) is 0 Å². The molecule has 0 saturated carbocycles. The number of hydrogen-bond acceptors (Lipinski definition) is 3. The summed E-state index contributed by atoms with van der Waals surface area (Å²) in [5, 5.41) is 9.60. The number of aliphatic hydroxyl groups excluding tert-OH is 1. The van der Waals surface area contributed by atoms with Crippen LogP contribution >= 0.6 is 11.8 Å². The van der Waals surface area contributed by atoms with Crippen LogP contribution in [0.4, 0.5) is 4.39 Å². The maximum absolute atomic E-state index is 13.6. The smallest absolute Gasteiger partial charge is 0.172 e. The van der Waals surface area contributed by atoms with Crippen molar-refractivity contribution in [3.63, 3.8) is 0 Å². The molecule has 0 unspecified atom stereocenters. The minimum Gasteiger partial charge on any atom is -0.392 e. The van der Waals surface area contributed by atoms with Crippen LogP contribution in [0.5, 0.6) is 0 Å². The number of benzene rings is 1. The van der Waals surface area contributed by atoms with E-state index in [0.717, 1.165) is 5.16 Å². The number of nitrogens with zero attached hydrogens (tertiary/aromatic N) is 2. The molecule has 0 spiro atoms. The Morgan fingerprint density at radius 3 is 2.88 bits per heavy atom. The van der Waals surface area contributed by atoms with Crippen molar-refractivity contribution in [2.75, 3.05) is 0 Å². The van der Waals surface area contributed by atoms with Gasteiger partial charge < -0.3 is 9.67 Å². The minimum atomic E-state index is -0.334. The molecule has 1 aromatic heterocycles. The molecule has 2 rings (SSSR count). The van der Waals surface area contributed by atoms with Crippen molar-refractivity contribution in [2.24, 2.45) is 7.05 Å². The highest BCUT2D eigenvalue weighted by molar-refractivity contribution is 7.99. The van der Waals surface area contributed by atoms with Gasteiger partial charge in [-0.05, 0) is 29.5 Å². The number of aliphatic hydroxyl groups is 1. The Morgan fingerprint density at radius 2 is 2.31 bits per heavy atom. The van der Waals surface area contributed by atoms with E-state index in [-0.39, 0.29) is 12.4 Å².